The number of thioether (sulfide) groups is 1. The van der Waals surface area contributed by atoms with Gasteiger partial charge in [-0.2, -0.15) is 0 Å². The number of amides is 1. The molecule has 1 aliphatic rings. The van der Waals surface area contributed by atoms with Gasteiger partial charge in [0.15, 0.2) is 5.16 Å². The fraction of sp³-hybridized carbons (Fsp3) is 0.0417. The molecule has 0 bridgehead atoms. The molecule has 0 aliphatic carbocycles. The van der Waals surface area contributed by atoms with Gasteiger partial charge in [-0.05, 0) is 30.3 Å². The third-order valence-corrected chi connectivity index (χ3v) is 6.69. The molecule has 2 heterocycles. The Bertz CT molecular complexity index is 1170. The summed E-state index contributed by atoms with van der Waals surface area (Å²) >= 11 is 3.05. The summed E-state index contributed by atoms with van der Waals surface area (Å²) in [6.07, 6.45) is 1.74. The Kier molecular flexibility index (Phi) is 5.26. The van der Waals surface area contributed by atoms with Crippen LogP contribution in [0.2, 0.25) is 0 Å². The molecule has 0 radical (unpaired) electrons. The number of fused-ring (bicyclic) bond motifs is 2. The molecule has 0 atom stereocenters. The van der Waals surface area contributed by atoms with Crippen LogP contribution in [0, 0.1) is 0 Å². The van der Waals surface area contributed by atoms with Crippen LogP contribution in [0.15, 0.2) is 106 Å². The number of hydrogen-bond acceptors (Lipinski definition) is 5. The molecule has 4 nitrogen and oxygen atoms in total. The van der Waals surface area contributed by atoms with Gasteiger partial charge in [-0.25, -0.2) is 9.97 Å². The third kappa shape index (κ3) is 3.72. The second-order valence-corrected chi connectivity index (χ2v) is 8.67. The normalized spacial score (nSPS) is 12.2. The molecule has 0 unspecified atom stereocenters. The number of aromatic nitrogens is 2. The summed E-state index contributed by atoms with van der Waals surface area (Å²) in [6.45, 7) is 0. The van der Waals surface area contributed by atoms with Crippen LogP contribution in [0.4, 0.5) is 11.4 Å². The highest BCUT2D eigenvalue weighted by atomic mass is 32.2. The van der Waals surface area contributed by atoms with Crippen LogP contribution in [-0.2, 0) is 4.79 Å². The smallest absolute Gasteiger partial charge is 0.242 e. The van der Waals surface area contributed by atoms with Crippen LogP contribution in [0.1, 0.15) is 0 Å². The second kappa shape index (κ2) is 8.34. The number of anilines is 2. The zero-order valence-electron chi connectivity index (χ0n) is 15.9. The summed E-state index contributed by atoms with van der Waals surface area (Å²) in [4.78, 5) is 26.2. The average Bonchev–Trinajstić information content (AvgIpc) is 2.81. The van der Waals surface area contributed by atoms with E-state index >= 15 is 0 Å². The second-order valence-electron chi connectivity index (χ2n) is 6.65. The van der Waals surface area contributed by atoms with E-state index in [9.17, 15) is 4.79 Å². The van der Waals surface area contributed by atoms with Gasteiger partial charge >= 0.3 is 0 Å². The van der Waals surface area contributed by atoms with Gasteiger partial charge in [0.1, 0.15) is 0 Å². The van der Waals surface area contributed by atoms with Crippen LogP contribution in [-0.4, -0.2) is 21.6 Å². The average molecular weight is 428 g/mol. The Morgan fingerprint density at radius 1 is 0.833 bits per heavy atom. The maximum Gasteiger partial charge on any atom is 0.242 e. The first-order valence-corrected chi connectivity index (χ1v) is 11.3. The van der Waals surface area contributed by atoms with Crippen molar-refractivity contribution in [3.05, 3.63) is 91.1 Å². The first kappa shape index (κ1) is 18.9. The Balaban J connectivity index is 1.39. The van der Waals surface area contributed by atoms with Crippen LogP contribution in [0.25, 0.3) is 11.3 Å². The zero-order valence-corrected chi connectivity index (χ0v) is 17.6. The van der Waals surface area contributed by atoms with E-state index in [1.165, 1.54) is 11.8 Å². The van der Waals surface area contributed by atoms with Crippen molar-refractivity contribution < 1.29 is 4.79 Å². The minimum Gasteiger partial charge on any atom is -0.278 e. The molecular formula is C24H17N3OS2. The minimum absolute atomic E-state index is 0.00825. The lowest BCUT2D eigenvalue weighted by atomic mass is 10.1. The summed E-state index contributed by atoms with van der Waals surface area (Å²) in [5.74, 6) is 0.264. The molecule has 1 aromatic heterocycles. The molecule has 0 saturated heterocycles. The first-order valence-electron chi connectivity index (χ1n) is 9.50. The van der Waals surface area contributed by atoms with Gasteiger partial charge < -0.3 is 0 Å². The van der Waals surface area contributed by atoms with Gasteiger partial charge in [0.25, 0.3) is 0 Å². The molecule has 3 aromatic carbocycles. The predicted octanol–water partition coefficient (Wildman–Crippen LogP) is 6.07. The minimum atomic E-state index is 0.00825. The van der Waals surface area contributed by atoms with E-state index in [1.807, 2.05) is 77.7 Å². The van der Waals surface area contributed by atoms with Gasteiger partial charge in [-0.1, -0.05) is 78.1 Å². The highest BCUT2D eigenvalue weighted by molar-refractivity contribution is 8.00. The number of benzene rings is 3. The lowest BCUT2D eigenvalue weighted by Crippen LogP contribution is -2.30. The van der Waals surface area contributed by atoms with E-state index in [0.29, 0.717) is 5.16 Å². The monoisotopic (exact) mass is 427 g/mol. The lowest BCUT2D eigenvalue weighted by molar-refractivity contribution is -0.115. The number of hydrogen-bond donors (Lipinski definition) is 0. The highest BCUT2D eigenvalue weighted by Crippen LogP contribution is 2.48. The molecule has 6 heteroatoms. The maximum absolute atomic E-state index is 13.3. The SMILES string of the molecule is O=C(CSc1nccc(-c2ccccc2)n1)N1c2ccccc2Sc2ccccc21. The van der Waals surface area contributed by atoms with Crippen molar-refractivity contribution in [2.45, 2.75) is 14.9 Å². The van der Waals surface area contributed by atoms with Crippen LogP contribution in [0.3, 0.4) is 0 Å². The van der Waals surface area contributed by atoms with Crippen molar-refractivity contribution in [2.75, 3.05) is 10.7 Å². The van der Waals surface area contributed by atoms with Gasteiger partial charge in [0.2, 0.25) is 5.91 Å². The fourth-order valence-electron chi connectivity index (χ4n) is 3.34. The van der Waals surface area contributed by atoms with E-state index < -0.39 is 0 Å². The summed E-state index contributed by atoms with van der Waals surface area (Å²) in [7, 11) is 0. The number of para-hydroxylation sites is 2. The molecule has 1 amide bonds. The lowest BCUT2D eigenvalue weighted by Gasteiger charge is -2.30. The first-order chi connectivity index (χ1) is 14.8. The molecule has 0 spiro atoms. The molecule has 0 saturated carbocycles. The molecule has 0 fully saturated rings. The van der Waals surface area contributed by atoms with Crippen molar-refractivity contribution >= 4 is 40.8 Å². The molecule has 0 N–H and O–H groups in total. The van der Waals surface area contributed by atoms with Crippen LogP contribution >= 0.6 is 23.5 Å². The van der Waals surface area contributed by atoms with E-state index in [-0.39, 0.29) is 11.7 Å². The largest absolute Gasteiger partial charge is 0.278 e. The number of nitrogens with zero attached hydrogens (tertiary/aromatic N) is 3. The third-order valence-electron chi connectivity index (χ3n) is 4.71. The zero-order chi connectivity index (χ0) is 20.3. The summed E-state index contributed by atoms with van der Waals surface area (Å²) in [6, 6.07) is 27.9. The Hall–Kier alpha value is -3.09. The highest BCUT2D eigenvalue weighted by Gasteiger charge is 2.27. The van der Waals surface area contributed by atoms with Gasteiger partial charge in [-0.3, -0.25) is 9.69 Å². The quantitative estimate of drug-likeness (QED) is 0.292. The Morgan fingerprint density at radius 3 is 2.17 bits per heavy atom. The van der Waals surface area contributed by atoms with Gasteiger partial charge in [0, 0.05) is 21.6 Å². The van der Waals surface area contributed by atoms with E-state index in [2.05, 4.69) is 22.1 Å². The Morgan fingerprint density at radius 2 is 1.47 bits per heavy atom. The van der Waals surface area contributed by atoms with E-state index in [1.54, 1.807) is 18.0 Å². The van der Waals surface area contributed by atoms with Crippen molar-refractivity contribution in [1.29, 1.82) is 0 Å². The molecule has 30 heavy (non-hydrogen) atoms. The number of carbonyl (C=O) groups excluding carboxylic acids is 1. The van der Waals surface area contributed by atoms with Gasteiger partial charge in [-0.15, -0.1) is 0 Å². The molecule has 1 aliphatic heterocycles. The van der Waals surface area contributed by atoms with Crippen molar-refractivity contribution in [2.24, 2.45) is 0 Å². The maximum atomic E-state index is 13.3. The summed E-state index contributed by atoms with van der Waals surface area (Å²) in [5, 5.41) is 0.595. The molecular weight excluding hydrogens is 410 g/mol. The molecule has 146 valence electrons. The van der Waals surface area contributed by atoms with E-state index in [4.69, 9.17) is 0 Å². The van der Waals surface area contributed by atoms with Gasteiger partial charge in [0.05, 0.1) is 22.8 Å². The van der Waals surface area contributed by atoms with Crippen LogP contribution < -0.4 is 4.90 Å². The van der Waals surface area contributed by atoms with Crippen molar-refractivity contribution in [3.8, 4) is 11.3 Å². The molecule has 4 aromatic rings. The number of rotatable bonds is 4. The standard InChI is InChI=1S/C24H17N3OS2/c28-23(16-29-24-25-15-14-18(26-24)17-8-2-1-3-9-17)27-19-10-4-6-12-21(19)30-22-13-7-5-11-20(22)27/h1-15H,16H2. The topological polar surface area (TPSA) is 46.1 Å². The van der Waals surface area contributed by atoms with Crippen molar-refractivity contribution in [3.63, 3.8) is 0 Å². The van der Waals surface area contributed by atoms with Crippen molar-refractivity contribution in [1.82, 2.24) is 9.97 Å². The summed E-state index contributed by atoms with van der Waals surface area (Å²) < 4.78 is 0. The molecule has 5 rings (SSSR count). The fourth-order valence-corrected chi connectivity index (χ4v) is 5.08. The summed E-state index contributed by atoms with van der Waals surface area (Å²) in [5.41, 5.74) is 3.73. The number of carbonyl (C=O) groups is 1. The van der Waals surface area contributed by atoms with Crippen LogP contribution in [0.5, 0.6) is 0 Å². The predicted molar refractivity (Wildman–Crippen MR) is 122 cm³/mol. The van der Waals surface area contributed by atoms with E-state index in [0.717, 1.165) is 32.4 Å². The Labute approximate surface area is 183 Å².